The third kappa shape index (κ3) is 6.31. The molecule has 0 radical (unpaired) electrons. The zero-order chi connectivity index (χ0) is 22.6. The fraction of sp³-hybridized carbons (Fsp3) is 0.286. The predicted octanol–water partition coefficient (Wildman–Crippen LogP) is 4.28. The molecule has 0 aliphatic carbocycles. The summed E-state index contributed by atoms with van der Waals surface area (Å²) in [4.78, 5) is 26.0. The number of thioether (sulfide) groups is 1. The van der Waals surface area contributed by atoms with Crippen molar-refractivity contribution in [2.45, 2.75) is 12.7 Å². The van der Waals surface area contributed by atoms with E-state index in [0.29, 0.717) is 17.0 Å². The highest BCUT2D eigenvalue weighted by Gasteiger charge is 2.30. The minimum absolute atomic E-state index is 0.158. The van der Waals surface area contributed by atoms with Gasteiger partial charge in [0.1, 0.15) is 0 Å². The minimum Gasteiger partial charge on any atom is -0.325 e. The van der Waals surface area contributed by atoms with Gasteiger partial charge in [-0.1, -0.05) is 36.0 Å². The first-order chi connectivity index (χ1) is 14.6. The van der Waals surface area contributed by atoms with Crippen molar-refractivity contribution >= 4 is 34.3 Å². The lowest BCUT2D eigenvalue weighted by Gasteiger charge is -2.23. The third-order valence-corrected chi connectivity index (χ3v) is 5.21. The molecule has 2 amide bonds. The van der Waals surface area contributed by atoms with Crippen LogP contribution in [0.4, 0.5) is 23.7 Å². The number of alkyl halides is 3. The molecular formula is C21H21F3N4O2S. The fourth-order valence-electron chi connectivity index (χ4n) is 2.92. The Morgan fingerprint density at radius 2 is 1.90 bits per heavy atom. The van der Waals surface area contributed by atoms with Crippen LogP contribution < -0.4 is 5.32 Å². The van der Waals surface area contributed by atoms with Gasteiger partial charge in [-0.05, 0) is 49.5 Å². The number of hydrogen-bond donors (Lipinski definition) is 1. The lowest BCUT2D eigenvalue weighted by Crippen LogP contribution is -2.29. The van der Waals surface area contributed by atoms with Crippen LogP contribution in [-0.4, -0.2) is 53.2 Å². The number of likely N-dealkylation sites (N-methyl/N-ethyl adjacent to an activating group) is 1. The topological polar surface area (TPSA) is 65.0 Å². The number of hydrazone groups is 1. The van der Waals surface area contributed by atoms with Gasteiger partial charge in [0.15, 0.2) is 0 Å². The van der Waals surface area contributed by atoms with Gasteiger partial charge in [-0.3, -0.25) is 9.59 Å². The lowest BCUT2D eigenvalue weighted by atomic mass is 10.1. The highest BCUT2D eigenvalue weighted by atomic mass is 32.2. The summed E-state index contributed by atoms with van der Waals surface area (Å²) in [5, 5.41) is 8.18. The molecule has 1 aliphatic heterocycles. The Balaban J connectivity index is 1.74. The van der Waals surface area contributed by atoms with Gasteiger partial charge in [0.25, 0.3) is 0 Å². The predicted molar refractivity (Wildman–Crippen MR) is 115 cm³/mol. The Morgan fingerprint density at radius 1 is 1.19 bits per heavy atom. The van der Waals surface area contributed by atoms with E-state index in [1.165, 1.54) is 17.1 Å². The first kappa shape index (κ1) is 22.8. The molecule has 0 fully saturated rings. The van der Waals surface area contributed by atoms with E-state index in [2.05, 4.69) is 10.4 Å². The standard InChI is InChI=1S/C21H21F3N4O2S/c1-27(2)12-19(29)25-17-5-3-4-14(10-17)11-28-20(30)31-13-18(26-28)15-6-8-16(9-7-15)21(22,23)24/h3-10H,11-13H2,1-2H3,(H,25,29). The number of amides is 2. The van der Waals surface area contributed by atoms with Crippen molar-refractivity contribution in [1.29, 1.82) is 0 Å². The molecule has 31 heavy (non-hydrogen) atoms. The van der Waals surface area contributed by atoms with E-state index in [-0.39, 0.29) is 30.0 Å². The molecule has 164 valence electrons. The normalized spacial score (nSPS) is 14.6. The average molecular weight is 450 g/mol. The van der Waals surface area contributed by atoms with Gasteiger partial charge in [0.05, 0.1) is 24.4 Å². The number of nitrogens with one attached hydrogen (secondary N) is 1. The third-order valence-electron chi connectivity index (χ3n) is 4.33. The van der Waals surface area contributed by atoms with E-state index >= 15 is 0 Å². The van der Waals surface area contributed by atoms with Gasteiger partial charge in [0.2, 0.25) is 5.91 Å². The molecule has 1 aliphatic rings. The first-order valence-electron chi connectivity index (χ1n) is 9.35. The summed E-state index contributed by atoms with van der Waals surface area (Å²) < 4.78 is 38.3. The number of hydrogen-bond acceptors (Lipinski definition) is 5. The maximum Gasteiger partial charge on any atom is 0.416 e. The molecule has 0 atom stereocenters. The quantitative estimate of drug-likeness (QED) is 0.714. The number of rotatable bonds is 6. The van der Waals surface area contributed by atoms with E-state index in [0.717, 1.165) is 29.5 Å². The van der Waals surface area contributed by atoms with Crippen molar-refractivity contribution < 1.29 is 22.8 Å². The van der Waals surface area contributed by atoms with Crippen LogP contribution in [0.15, 0.2) is 53.6 Å². The molecule has 0 aromatic heterocycles. The van der Waals surface area contributed by atoms with Crippen LogP contribution in [0.5, 0.6) is 0 Å². The van der Waals surface area contributed by atoms with Gasteiger partial charge in [-0.25, -0.2) is 5.01 Å². The molecule has 10 heteroatoms. The van der Waals surface area contributed by atoms with Gasteiger partial charge in [-0.2, -0.15) is 18.3 Å². The molecule has 3 rings (SSSR count). The Kier molecular flexibility index (Phi) is 7.01. The zero-order valence-electron chi connectivity index (χ0n) is 16.9. The second kappa shape index (κ2) is 9.52. The molecule has 2 aromatic rings. The monoisotopic (exact) mass is 450 g/mol. The SMILES string of the molecule is CN(C)CC(=O)Nc1cccc(CN2N=C(c3ccc(C(F)(F)F)cc3)CSC2=O)c1. The number of benzene rings is 2. The van der Waals surface area contributed by atoms with Crippen LogP contribution in [0.25, 0.3) is 0 Å². The largest absolute Gasteiger partial charge is 0.416 e. The lowest BCUT2D eigenvalue weighted by molar-refractivity contribution is -0.137. The average Bonchev–Trinajstić information content (AvgIpc) is 2.69. The van der Waals surface area contributed by atoms with Gasteiger partial charge < -0.3 is 10.2 Å². The Hall–Kier alpha value is -2.85. The maximum absolute atomic E-state index is 12.8. The first-order valence-corrected chi connectivity index (χ1v) is 10.3. The summed E-state index contributed by atoms with van der Waals surface area (Å²) in [6.07, 6.45) is -4.41. The van der Waals surface area contributed by atoms with Crippen LogP contribution >= 0.6 is 11.8 Å². The van der Waals surface area contributed by atoms with Crippen LogP contribution in [-0.2, 0) is 17.5 Å². The Bertz CT molecular complexity index is 991. The Morgan fingerprint density at radius 3 is 2.55 bits per heavy atom. The van der Waals surface area contributed by atoms with Crippen molar-refractivity contribution in [3.8, 4) is 0 Å². The minimum atomic E-state index is -4.41. The number of nitrogens with zero attached hydrogens (tertiary/aromatic N) is 3. The highest BCUT2D eigenvalue weighted by molar-refractivity contribution is 8.14. The van der Waals surface area contributed by atoms with Crippen LogP contribution in [0, 0.1) is 0 Å². The fourth-order valence-corrected chi connectivity index (χ4v) is 3.66. The summed E-state index contributed by atoms with van der Waals surface area (Å²) in [5.41, 5.74) is 1.68. The van der Waals surface area contributed by atoms with E-state index in [4.69, 9.17) is 0 Å². The van der Waals surface area contributed by atoms with Crippen molar-refractivity contribution in [2.75, 3.05) is 31.7 Å². The number of carbonyl (C=O) groups excluding carboxylic acids is 2. The smallest absolute Gasteiger partial charge is 0.325 e. The molecule has 1 heterocycles. The number of anilines is 1. The maximum atomic E-state index is 12.8. The van der Waals surface area contributed by atoms with Crippen molar-refractivity contribution in [2.24, 2.45) is 5.10 Å². The summed E-state index contributed by atoms with van der Waals surface area (Å²) >= 11 is 1.04. The molecule has 6 nitrogen and oxygen atoms in total. The van der Waals surface area contributed by atoms with Gasteiger partial charge >= 0.3 is 11.4 Å². The molecule has 0 bridgehead atoms. The molecule has 0 unspecified atom stereocenters. The van der Waals surface area contributed by atoms with Gasteiger partial charge in [0, 0.05) is 11.4 Å². The molecule has 1 N–H and O–H groups in total. The van der Waals surface area contributed by atoms with E-state index < -0.39 is 11.7 Å². The summed E-state index contributed by atoms with van der Waals surface area (Å²) in [6, 6.07) is 11.8. The Labute approximate surface area is 182 Å². The van der Waals surface area contributed by atoms with E-state index in [9.17, 15) is 22.8 Å². The highest BCUT2D eigenvalue weighted by Crippen LogP contribution is 2.30. The van der Waals surface area contributed by atoms with Crippen LogP contribution in [0.1, 0.15) is 16.7 Å². The molecule has 2 aromatic carbocycles. The molecule has 0 saturated heterocycles. The van der Waals surface area contributed by atoms with Gasteiger partial charge in [-0.15, -0.1) is 0 Å². The van der Waals surface area contributed by atoms with E-state index in [1.54, 1.807) is 37.2 Å². The number of carbonyl (C=O) groups is 2. The van der Waals surface area contributed by atoms with Crippen LogP contribution in [0.2, 0.25) is 0 Å². The molecule has 0 saturated carbocycles. The summed E-state index contributed by atoms with van der Waals surface area (Å²) in [5.74, 6) is 0.121. The van der Waals surface area contributed by atoms with Crippen molar-refractivity contribution in [3.05, 3.63) is 65.2 Å². The molecule has 0 spiro atoms. The summed E-state index contributed by atoms with van der Waals surface area (Å²) in [6.45, 7) is 0.416. The molecular weight excluding hydrogens is 429 g/mol. The zero-order valence-corrected chi connectivity index (χ0v) is 17.8. The second-order valence-electron chi connectivity index (χ2n) is 7.22. The van der Waals surface area contributed by atoms with E-state index in [1.807, 2.05) is 6.07 Å². The van der Waals surface area contributed by atoms with Crippen molar-refractivity contribution in [1.82, 2.24) is 9.91 Å². The summed E-state index contributed by atoms with van der Waals surface area (Å²) in [7, 11) is 3.59. The van der Waals surface area contributed by atoms with Crippen LogP contribution in [0.3, 0.4) is 0 Å². The second-order valence-corrected chi connectivity index (χ2v) is 8.15. The van der Waals surface area contributed by atoms with Crippen molar-refractivity contribution in [3.63, 3.8) is 0 Å². The number of halogens is 3.